The van der Waals surface area contributed by atoms with Gasteiger partial charge in [0.25, 0.3) is 0 Å². The van der Waals surface area contributed by atoms with Crippen LogP contribution in [0.2, 0.25) is 0 Å². The SMILES string of the molecule is CN(C)C(=O)CNC(=O)C(N)CC(N)=O. The van der Waals surface area contributed by atoms with Crippen molar-refractivity contribution < 1.29 is 14.4 Å². The molecule has 0 aliphatic heterocycles. The van der Waals surface area contributed by atoms with Gasteiger partial charge >= 0.3 is 0 Å². The minimum atomic E-state index is -1.00. The molecule has 0 saturated carbocycles. The number of primary amides is 1. The summed E-state index contributed by atoms with van der Waals surface area (Å²) in [5.41, 5.74) is 10.2. The molecule has 0 heterocycles. The van der Waals surface area contributed by atoms with Crippen LogP contribution >= 0.6 is 0 Å². The number of rotatable bonds is 5. The van der Waals surface area contributed by atoms with Crippen LogP contribution in [-0.2, 0) is 14.4 Å². The third kappa shape index (κ3) is 5.63. The van der Waals surface area contributed by atoms with Gasteiger partial charge in [0.15, 0.2) is 0 Å². The van der Waals surface area contributed by atoms with E-state index in [0.29, 0.717) is 0 Å². The minimum Gasteiger partial charge on any atom is -0.370 e. The van der Waals surface area contributed by atoms with Gasteiger partial charge in [0, 0.05) is 14.1 Å². The van der Waals surface area contributed by atoms with Crippen LogP contribution in [0.3, 0.4) is 0 Å². The van der Waals surface area contributed by atoms with E-state index in [-0.39, 0.29) is 18.9 Å². The summed E-state index contributed by atoms with van der Waals surface area (Å²) in [6.45, 7) is -0.141. The summed E-state index contributed by atoms with van der Waals surface area (Å²) in [5, 5.41) is 2.31. The highest BCUT2D eigenvalue weighted by atomic mass is 16.2. The predicted octanol–water partition coefficient (Wildman–Crippen LogP) is -2.61. The highest BCUT2D eigenvalue weighted by Crippen LogP contribution is 1.87. The fourth-order valence-electron chi connectivity index (χ4n) is 0.761. The van der Waals surface area contributed by atoms with Crippen LogP contribution in [0.4, 0.5) is 0 Å². The Morgan fingerprint density at radius 3 is 2.27 bits per heavy atom. The monoisotopic (exact) mass is 216 g/mol. The average Bonchev–Trinajstić information content (AvgIpc) is 2.12. The number of carbonyl (C=O) groups excluding carboxylic acids is 3. The number of nitrogens with zero attached hydrogens (tertiary/aromatic N) is 1. The smallest absolute Gasteiger partial charge is 0.241 e. The Hall–Kier alpha value is -1.63. The molecule has 0 aromatic rings. The predicted molar refractivity (Wildman–Crippen MR) is 53.5 cm³/mol. The summed E-state index contributed by atoms with van der Waals surface area (Å²) in [4.78, 5) is 34.0. The molecule has 0 spiro atoms. The Bertz CT molecular complexity index is 265. The second kappa shape index (κ2) is 5.97. The highest BCUT2D eigenvalue weighted by Gasteiger charge is 2.16. The van der Waals surface area contributed by atoms with Crippen LogP contribution in [0.1, 0.15) is 6.42 Å². The molecule has 0 fully saturated rings. The Labute approximate surface area is 87.8 Å². The zero-order chi connectivity index (χ0) is 12.0. The molecule has 3 amide bonds. The number of carbonyl (C=O) groups is 3. The van der Waals surface area contributed by atoms with Crippen LogP contribution in [0.15, 0.2) is 0 Å². The molecular weight excluding hydrogens is 200 g/mol. The molecule has 0 radical (unpaired) electrons. The third-order valence-corrected chi connectivity index (χ3v) is 1.67. The van der Waals surface area contributed by atoms with Crippen molar-refractivity contribution in [1.29, 1.82) is 0 Å². The number of nitrogens with two attached hydrogens (primary N) is 2. The number of nitrogens with one attached hydrogen (secondary N) is 1. The second-order valence-corrected chi connectivity index (χ2v) is 3.28. The van der Waals surface area contributed by atoms with Crippen LogP contribution in [0.5, 0.6) is 0 Å². The van der Waals surface area contributed by atoms with Gasteiger partial charge < -0.3 is 21.7 Å². The first-order valence-electron chi connectivity index (χ1n) is 4.36. The Kier molecular flexibility index (Phi) is 5.32. The first-order valence-corrected chi connectivity index (χ1v) is 4.36. The lowest BCUT2D eigenvalue weighted by atomic mass is 10.2. The Balaban J connectivity index is 3.93. The minimum absolute atomic E-state index is 0.141. The van der Waals surface area contributed by atoms with Gasteiger partial charge in [-0.15, -0.1) is 0 Å². The second-order valence-electron chi connectivity index (χ2n) is 3.28. The molecule has 5 N–H and O–H groups in total. The maximum absolute atomic E-state index is 11.2. The number of amides is 3. The molecule has 0 saturated heterocycles. The average molecular weight is 216 g/mol. The van der Waals surface area contributed by atoms with Crippen molar-refractivity contribution in [1.82, 2.24) is 10.2 Å². The summed E-state index contributed by atoms with van der Waals surface area (Å²) in [6, 6.07) is -1.00. The molecule has 0 rings (SSSR count). The number of likely N-dealkylation sites (N-methyl/N-ethyl adjacent to an activating group) is 1. The van der Waals surface area contributed by atoms with Crippen molar-refractivity contribution in [2.75, 3.05) is 20.6 Å². The zero-order valence-corrected chi connectivity index (χ0v) is 8.82. The normalized spacial score (nSPS) is 11.7. The molecule has 0 aromatic heterocycles. The highest BCUT2D eigenvalue weighted by molar-refractivity contribution is 5.90. The fraction of sp³-hybridized carbons (Fsp3) is 0.625. The molecule has 15 heavy (non-hydrogen) atoms. The van der Waals surface area contributed by atoms with E-state index in [1.165, 1.54) is 4.90 Å². The fourth-order valence-corrected chi connectivity index (χ4v) is 0.761. The quantitative estimate of drug-likeness (QED) is 0.466. The maximum Gasteiger partial charge on any atom is 0.241 e. The molecule has 86 valence electrons. The van der Waals surface area contributed by atoms with Crippen molar-refractivity contribution >= 4 is 17.7 Å². The molecule has 7 heteroatoms. The van der Waals surface area contributed by atoms with Crippen LogP contribution in [0.25, 0.3) is 0 Å². The lowest BCUT2D eigenvalue weighted by molar-refractivity contribution is -0.131. The summed E-state index contributed by atoms with van der Waals surface area (Å²) in [7, 11) is 3.13. The molecule has 0 bridgehead atoms. The van der Waals surface area contributed by atoms with Gasteiger partial charge in [0.05, 0.1) is 19.0 Å². The molecular formula is C8H16N4O3. The summed E-state index contributed by atoms with van der Waals surface area (Å²) in [5.74, 6) is -1.48. The molecule has 0 aliphatic rings. The van der Waals surface area contributed by atoms with Gasteiger partial charge in [-0.3, -0.25) is 14.4 Å². The van der Waals surface area contributed by atoms with Crippen LogP contribution in [0, 0.1) is 0 Å². The maximum atomic E-state index is 11.2. The van der Waals surface area contributed by atoms with E-state index < -0.39 is 17.9 Å². The van der Waals surface area contributed by atoms with E-state index >= 15 is 0 Å². The van der Waals surface area contributed by atoms with Gasteiger partial charge in [-0.05, 0) is 0 Å². The molecule has 1 unspecified atom stereocenters. The van der Waals surface area contributed by atoms with E-state index in [1.54, 1.807) is 14.1 Å². The van der Waals surface area contributed by atoms with Gasteiger partial charge in [0.2, 0.25) is 17.7 Å². The molecule has 0 aromatic carbocycles. The van der Waals surface area contributed by atoms with E-state index in [0.717, 1.165) is 0 Å². The third-order valence-electron chi connectivity index (χ3n) is 1.67. The van der Waals surface area contributed by atoms with Crippen molar-refractivity contribution in [2.45, 2.75) is 12.5 Å². The summed E-state index contributed by atoms with van der Waals surface area (Å²) < 4.78 is 0. The topological polar surface area (TPSA) is 119 Å². The van der Waals surface area contributed by atoms with Crippen molar-refractivity contribution in [3.63, 3.8) is 0 Å². The summed E-state index contributed by atoms with van der Waals surface area (Å²) in [6.07, 6.45) is -0.234. The van der Waals surface area contributed by atoms with Crippen LogP contribution in [-0.4, -0.2) is 49.3 Å². The number of hydrogen-bond acceptors (Lipinski definition) is 4. The molecule has 0 aliphatic carbocycles. The van der Waals surface area contributed by atoms with E-state index in [1.807, 2.05) is 0 Å². The molecule has 1 atom stereocenters. The van der Waals surface area contributed by atoms with Crippen LogP contribution < -0.4 is 16.8 Å². The summed E-state index contributed by atoms with van der Waals surface area (Å²) >= 11 is 0. The lowest BCUT2D eigenvalue weighted by Gasteiger charge is -2.13. The standard InChI is InChI=1S/C8H16N4O3/c1-12(2)7(14)4-11-8(15)5(9)3-6(10)13/h5H,3-4,9H2,1-2H3,(H2,10,13)(H,11,15). The zero-order valence-electron chi connectivity index (χ0n) is 8.82. The Morgan fingerprint density at radius 2 is 1.87 bits per heavy atom. The lowest BCUT2D eigenvalue weighted by Crippen LogP contribution is -2.46. The first kappa shape index (κ1) is 13.4. The van der Waals surface area contributed by atoms with Crippen molar-refractivity contribution in [2.24, 2.45) is 11.5 Å². The van der Waals surface area contributed by atoms with E-state index in [4.69, 9.17) is 11.5 Å². The number of hydrogen-bond donors (Lipinski definition) is 3. The van der Waals surface area contributed by atoms with E-state index in [9.17, 15) is 14.4 Å². The van der Waals surface area contributed by atoms with E-state index in [2.05, 4.69) is 5.32 Å². The largest absolute Gasteiger partial charge is 0.370 e. The van der Waals surface area contributed by atoms with Crippen molar-refractivity contribution in [3.8, 4) is 0 Å². The van der Waals surface area contributed by atoms with Crippen molar-refractivity contribution in [3.05, 3.63) is 0 Å². The first-order chi connectivity index (χ1) is 6.84. The Morgan fingerprint density at radius 1 is 1.33 bits per heavy atom. The van der Waals surface area contributed by atoms with Gasteiger partial charge in [0.1, 0.15) is 0 Å². The van der Waals surface area contributed by atoms with Gasteiger partial charge in [-0.25, -0.2) is 0 Å². The molecule has 7 nitrogen and oxygen atoms in total. The van der Waals surface area contributed by atoms with Gasteiger partial charge in [-0.2, -0.15) is 0 Å². The van der Waals surface area contributed by atoms with Gasteiger partial charge in [-0.1, -0.05) is 0 Å².